The molecule has 1 atom stereocenters. The van der Waals surface area contributed by atoms with Crippen LogP contribution in [0, 0.1) is 0 Å². The van der Waals surface area contributed by atoms with Crippen molar-refractivity contribution in [2.45, 2.75) is 52.7 Å². The monoisotopic (exact) mass is 288 g/mol. The second-order valence-electron chi connectivity index (χ2n) is 4.07. The maximum Gasteiger partial charge on any atom is 0.102 e. The first-order valence-corrected chi connectivity index (χ1v) is 6.79. The average Bonchev–Trinajstić information content (AvgIpc) is 2.65. The average molecular weight is 289 g/mol. The molecule has 16 heavy (non-hydrogen) atoms. The predicted molar refractivity (Wildman–Crippen MR) is 69.5 cm³/mol. The van der Waals surface area contributed by atoms with E-state index in [1.165, 1.54) is 6.42 Å². The minimum atomic E-state index is 0.445. The van der Waals surface area contributed by atoms with Crippen molar-refractivity contribution in [3.63, 3.8) is 0 Å². The molecule has 3 nitrogen and oxygen atoms in total. The molecule has 0 saturated carbocycles. The van der Waals surface area contributed by atoms with E-state index in [0.717, 1.165) is 29.6 Å². The topological polar surface area (TPSA) is 27.1 Å². The molecule has 0 bridgehead atoms. The van der Waals surface area contributed by atoms with Gasteiger partial charge in [-0.1, -0.05) is 20.3 Å². The predicted octanol–water partition coefficient (Wildman–Crippen LogP) is 3.93. The molecule has 1 heterocycles. The van der Waals surface area contributed by atoms with E-state index >= 15 is 0 Å². The number of unbranched alkanes of at least 4 members (excludes halogenated alkanes) is 1. The number of aromatic nitrogens is 2. The van der Waals surface area contributed by atoms with Gasteiger partial charge in [-0.2, -0.15) is 5.10 Å². The zero-order valence-corrected chi connectivity index (χ0v) is 12.0. The lowest BCUT2D eigenvalue weighted by atomic mass is 10.3. The van der Waals surface area contributed by atoms with Gasteiger partial charge < -0.3 is 4.74 Å². The first kappa shape index (κ1) is 13.7. The lowest BCUT2D eigenvalue weighted by Crippen LogP contribution is -2.05. The van der Waals surface area contributed by atoms with Crippen LogP contribution in [0.15, 0.2) is 10.7 Å². The Labute approximate surface area is 106 Å². The fraction of sp³-hybridized carbons (Fsp3) is 0.750. The van der Waals surface area contributed by atoms with Crippen molar-refractivity contribution in [1.29, 1.82) is 0 Å². The molecule has 0 aliphatic rings. The third kappa shape index (κ3) is 3.91. The van der Waals surface area contributed by atoms with E-state index in [4.69, 9.17) is 4.74 Å². The summed E-state index contributed by atoms with van der Waals surface area (Å²) in [5.74, 6) is 0. The van der Waals surface area contributed by atoms with E-state index in [-0.39, 0.29) is 0 Å². The number of hydrogen-bond acceptors (Lipinski definition) is 2. The third-order valence-corrected chi connectivity index (χ3v) is 3.34. The van der Waals surface area contributed by atoms with Crippen molar-refractivity contribution in [3.05, 3.63) is 16.4 Å². The van der Waals surface area contributed by atoms with Crippen LogP contribution < -0.4 is 0 Å². The molecule has 0 fully saturated rings. The molecule has 1 unspecified atom stereocenters. The van der Waals surface area contributed by atoms with Crippen LogP contribution in [0.4, 0.5) is 0 Å². The molecule has 0 N–H and O–H groups in total. The zero-order valence-electron chi connectivity index (χ0n) is 10.4. The van der Waals surface area contributed by atoms with Crippen molar-refractivity contribution in [2.75, 3.05) is 6.61 Å². The number of halogens is 1. The van der Waals surface area contributed by atoms with Crippen LogP contribution in [-0.2, 0) is 11.3 Å². The van der Waals surface area contributed by atoms with Gasteiger partial charge in [0.25, 0.3) is 0 Å². The molecule has 1 aromatic heterocycles. The van der Waals surface area contributed by atoms with Crippen LogP contribution in [0.1, 0.15) is 51.8 Å². The molecule has 4 heteroatoms. The lowest BCUT2D eigenvalue weighted by Gasteiger charge is -2.07. The molecular formula is C12H21BrN2O. The Bertz CT molecular complexity index is 312. The van der Waals surface area contributed by atoms with E-state index in [2.05, 4.69) is 41.8 Å². The second kappa shape index (κ2) is 7.07. The summed E-state index contributed by atoms with van der Waals surface area (Å²) >= 11 is 3.52. The SMILES string of the molecule is CCCCOCc1nn(C(C)CC)cc1Br. The molecule has 0 radical (unpaired) electrons. The van der Waals surface area contributed by atoms with Gasteiger partial charge in [-0.25, -0.2) is 0 Å². The van der Waals surface area contributed by atoms with Gasteiger partial charge in [0.2, 0.25) is 0 Å². The fourth-order valence-corrected chi connectivity index (χ4v) is 1.74. The van der Waals surface area contributed by atoms with Crippen LogP contribution in [0.3, 0.4) is 0 Å². The first-order chi connectivity index (χ1) is 7.69. The fourth-order valence-electron chi connectivity index (χ4n) is 1.33. The van der Waals surface area contributed by atoms with Gasteiger partial charge in [0, 0.05) is 18.8 Å². The van der Waals surface area contributed by atoms with Gasteiger partial charge in [-0.15, -0.1) is 0 Å². The highest BCUT2D eigenvalue weighted by atomic mass is 79.9. The quantitative estimate of drug-likeness (QED) is 0.711. The van der Waals surface area contributed by atoms with Crippen molar-refractivity contribution in [1.82, 2.24) is 9.78 Å². The largest absolute Gasteiger partial charge is 0.375 e. The maximum absolute atomic E-state index is 5.56. The van der Waals surface area contributed by atoms with Gasteiger partial charge in [0.1, 0.15) is 5.69 Å². The van der Waals surface area contributed by atoms with Gasteiger partial charge in [0.15, 0.2) is 0 Å². The number of hydrogen-bond donors (Lipinski definition) is 0. The van der Waals surface area contributed by atoms with Crippen LogP contribution in [0.25, 0.3) is 0 Å². The smallest absolute Gasteiger partial charge is 0.102 e. The van der Waals surface area contributed by atoms with E-state index < -0.39 is 0 Å². The zero-order chi connectivity index (χ0) is 12.0. The van der Waals surface area contributed by atoms with Gasteiger partial charge in [-0.05, 0) is 35.7 Å². The maximum atomic E-state index is 5.56. The summed E-state index contributed by atoms with van der Waals surface area (Å²) in [5.41, 5.74) is 0.997. The number of ether oxygens (including phenoxy) is 1. The molecule has 0 aromatic carbocycles. The van der Waals surface area contributed by atoms with Gasteiger partial charge in [-0.3, -0.25) is 4.68 Å². The number of rotatable bonds is 7. The molecular weight excluding hydrogens is 268 g/mol. The lowest BCUT2D eigenvalue weighted by molar-refractivity contribution is 0.114. The Hall–Kier alpha value is -0.350. The summed E-state index contributed by atoms with van der Waals surface area (Å²) in [6.45, 7) is 7.92. The first-order valence-electron chi connectivity index (χ1n) is 6.00. The van der Waals surface area contributed by atoms with E-state index in [0.29, 0.717) is 12.6 Å². The second-order valence-corrected chi connectivity index (χ2v) is 4.92. The highest BCUT2D eigenvalue weighted by Crippen LogP contribution is 2.19. The summed E-state index contributed by atoms with van der Waals surface area (Å²) in [4.78, 5) is 0. The van der Waals surface area contributed by atoms with Crippen molar-refractivity contribution in [2.24, 2.45) is 0 Å². The minimum absolute atomic E-state index is 0.445. The van der Waals surface area contributed by atoms with E-state index in [1.807, 2.05) is 10.9 Å². The van der Waals surface area contributed by atoms with Crippen LogP contribution in [0.2, 0.25) is 0 Å². The Morgan fingerprint density at radius 3 is 2.88 bits per heavy atom. The highest BCUT2D eigenvalue weighted by Gasteiger charge is 2.09. The third-order valence-electron chi connectivity index (χ3n) is 2.68. The van der Waals surface area contributed by atoms with Gasteiger partial charge in [0.05, 0.1) is 11.1 Å². The number of nitrogens with zero attached hydrogens (tertiary/aromatic N) is 2. The van der Waals surface area contributed by atoms with Crippen molar-refractivity contribution in [3.8, 4) is 0 Å². The Kier molecular flexibility index (Phi) is 6.06. The normalized spacial score (nSPS) is 13.0. The van der Waals surface area contributed by atoms with Gasteiger partial charge >= 0.3 is 0 Å². The summed E-state index contributed by atoms with van der Waals surface area (Å²) in [7, 11) is 0. The summed E-state index contributed by atoms with van der Waals surface area (Å²) < 4.78 is 8.61. The molecule has 0 aliphatic carbocycles. The van der Waals surface area contributed by atoms with Crippen LogP contribution >= 0.6 is 15.9 Å². The molecule has 1 rings (SSSR count). The molecule has 0 spiro atoms. The summed E-state index contributed by atoms with van der Waals surface area (Å²) in [5, 5.41) is 4.52. The van der Waals surface area contributed by atoms with Crippen LogP contribution in [-0.4, -0.2) is 16.4 Å². The molecule has 0 aliphatic heterocycles. The van der Waals surface area contributed by atoms with Crippen molar-refractivity contribution < 1.29 is 4.74 Å². The standard InChI is InChI=1S/C12H21BrN2O/c1-4-6-7-16-9-12-11(13)8-15(14-12)10(3)5-2/h8,10H,4-7,9H2,1-3H3. The Balaban J connectivity index is 2.50. The Morgan fingerprint density at radius 1 is 1.50 bits per heavy atom. The molecule has 0 amide bonds. The van der Waals surface area contributed by atoms with Crippen molar-refractivity contribution >= 4 is 15.9 Å². The summed E-state index contributed by atoms with van der Waals surface area (Å²) in [6.07, 6.45) is 5.41. The minimum Gasteiger partial charge on any atom is -0.375 e. The molecule has 92 valence electrons. The molecule has 0 saturated heterocycles. The summed E-state index contributed by atoms with van der Waals surface area (Å²) in [6, 6.07) is 0.445. The molecule has 1 aromatic rings. The van der Waals surface area contributed by atoms with E-state index in [9.17, 15) is 0 Å². The Morgan fingerprint density at radius 2 is 2.25 bits per heavy atom. The highest BCUT2D eigenvalue weighted by molar-refractivity contribution is 9.10. The van der Waals surface area contributed by atoms with Crippen LogP contribution in [0.5, 0.6) is 0 Å². The van der Waals surface area contributed by atoms with E-state index in [1.54, 1.807) is 0 Å².